The monoisotopic (exact) mass is 268 g/mol. The number of hydrogen-bond donors (Lipinski definition) is 1. The van der Waals surface area contributed by atoms with Crippen molar-refractivity contribution in [2.45, 2.75) is 39.7 Å². The topological polar surface area (TPSA) is 15.3 Å². The van der Waals surface area contributed by atoms with E-state index in [4.69, 9.17) is 11.6 Å². The van der Waals surface area contributed by atoms with Gasteiger partial charge in [0.25, 0.3) is 0 Å². The summed E-state index contributed by atoms with van der Waals surface area (Å²) in [5.74, 6) is 0. The van der Waals surface area contributed by atoms with Gasteiger partial charge < -0.3 is 10.2 Å². The molecule has 0 aliphatic heterocycles. The van der Waals surface area contributed by atoms with Gasteiger partial charge in [-0.1, -0.05) is 44.4 Å². The fourth-order valence-electron chi connectivity index (χ4n) is 1.90. The molecule has 102 valence electrons. The Morgan fingerprint density at radius 2 is 2.00 bits per heavy atom. The zero-order chi connectivity index (χ0) is 13.4. The van der Waals surface area contributed by atoms with Crippen molar-refractivity contribution in [1.29, 1.82) is 0 Å². The van der Waals surface area contributed by atoms with Gasteiger partial charge in [-0.2, -0.15) is 0 Å². The highest BCUT2D eigenvalue weighted by Gasteiger charge is 2.05. The molecule has 0 aliphatic carbocycles. The van der Waals surface area contributed by atoms with Crippen LogP contribution in [0.25, 0.3) is 0 Å². The van der Waals surface area contributed by atoms with Gasteiger partial charge in [0.2, 0.25) is 0 Å². The van der Waals surface area contributed by atoms with Gasteiger partial charge in [0.15, 0.2) is 0 Å². The molecule has 0 saturated heterocycles. The molecule has 0 aliphatic rings. The van der Waals surface area contributed by atoms with Crippen molar-refractivity contribution in [2.75, 3.05) is 25.0 Å². The van der Waals surface area contributed by atoms with Gasteiger partial charge in [-0.05, 0) is 30.7 Å². The molecule has 0 radical (unpaired) electrons. The molecule has 0 saturated carbocycles. The van der Waals surface area contributed by atoms with Gasteiger partial charge in [-0.15, -0.1) is 0 Å². The highest BCUT2D eigenvalue weighted by Crippen LogP contribution is 2.23. The third-order valence-corrected chi connectivity index (χ3v) is 3.49. The van der Waals surface area contributed by atoms with Gasteiger partial charge in [-0.25, -0.2) is 0 Å². The molecular formula is C15H25ClN2. The van der Waals surface area contributed by atoms with Crippen LogP contribution in [0.2, 0.25) is 5.02 Å². The van der Waals surface area contributed by atoms with E-state index in [9.17, 15) is 0 Å². The van der Waals surface area contributed by atoms with E-state index in [1.54, 1.807) is 0 Å². The van der Waals surface area contributed by atoms with Crippen LogP contribution in [0.1, 0.15) is 38.7 Å². The lowest BCUT2D eigenvalue weighted by atomic mass is 10.2. The Kier molecular flexibility index (Phi) is 7.14. The third-order valence-electron chi connectivity index (χ3n) is 3.14. The molecule has 3 heteroatoms. The first kappa shape index (κ1) is 15.3. The molecule has 1 aromatic rings. The highest BCUT2D eigenvalue weighted by atomic mass is 35.5. The molecule has 0 aromatic heterocycles. The normalized spacial score (nSPS) is 10.7. The van der Waals surface area contributed by atoms with Gasteiger partial charge >= 0.3 is 0 Å². The SMILES string of the molecule is CCCCCN(C)c1ccc(CNCC)c(Cl)c1. The van der Waals surface area contributed by atoms with Crippen molar-refractivity contribution in [1.82, 2.24) is 5.32 Å². The van der Waals surface area contributed by atoms with Gasteiger partial charge in [-0.3, -0.25) is 0 Å². The molecule has 1 rings (SSSR count). The quantitative estimate of drug-likeness (QED) is 0.715. The Labute approximate surface area is 116 Å². The molecule has 0 atom stereocenters. The largest absolute Gasteiger partial charge is 0.375 e. The number of halogens is 1. The predicted octanol–water partition coefficient (Wildman–Crippen LogP) is 4.08. The fourth-order valence-corrected chi connectivity index (χ4v) is 2.15. The van der Waals surface area contributed by atoms with Crippen molar-refractivity contribution in [3.8, 4) is 0 Å². The number of anilines is 1. The molecule has 0 amide bonds. The van der Waals surface area contributed by atoms with Gasteiger partial charge in [0, 0.05) is 30.8 Å². The number of hydrogen-bond acceptors (Lipinski definition) is 2. The van der Waals surface area contributed by atoms with Crippen molar-refractivity contribution in [2.24, 2.45) is 0 Å². The maximum absolute atomic E-state index is 6.30. The van der Waals surface area contributed by atoms with Crippen LogP contribution in [-0.4, -0.2) is 20.1 Å². The van der Waals surface area contributed by atoms with Crippen LogP contribution < -0.4 is 10.2 Å². The molecule has 0 unspecified atom stereocenters. The summed E-state index contributed by atoms with van der Waals surface area (Å²) in [5.41, 5.74) is 2.38. The van der Waals surface area contributed by atoms with Crippen molar-refractivity contribution in [3.63, 3.8) is 0 Å². The van der Waals surface area contributed by atoms with E-state index in [1.165, 1.54) is 30.5 Å². The Hall–Kier alpha value is -0.730. The summed E-state index contributed by atoms with van der Waals surface area (Å²) in [7, 11) is 2.13. The van der Waals surface area contributed by atoms with E-state index >= 15 is 0 Å². The summed E-state index contributed by atoms with van der Waals surface area (Å²) in [6, 6.07) is 6.35. The molecule has 0 fully saturated rings. The predicted molar refractivity (Wildman–Crippen MR) is 81.6 cm³/mol. The number of unbranched alkanes of at least 4 members (excludes halogenated alkanes) is 2. The van der Waals surface area contributed by atoms with E-state index in [0.717, 1.165) is 24.7 Å². The van der Waals surface area contributed by atoms with Crippen LogP contribution in [0.4, 0.5) is 5.69 Å². The third kappa shape index (κ3) is 4.87. The molecule has 1 aromatic carbocycles. The molecule has 0 bridgehead atoms. The zero-order valence-electron chi connectivity index (χ0n) is 11.8. The maximum Gasteiger partial charge on any atom is 0.0471 e. The van der Waals surface area contributed by atoms with Crippen molar-refractivity contribution < 1.29 is 0 Å². The summed E-state index contributed by atoms with van der Waals surface area (Å²) >= 11 is 6.30. The van der Waals surface area contributed by atoms with E-state index in [2.05, 4.69) is 49.3 Å². The second-order valence-electron chi connectivity index (χ2n) is 4.68. The van der Waals surface area contributed by atoms with E-state index in [-0.39, 0.29) is 0 Å². The highest BCUT2D eigenvalue weighted by molar-refractivity contribution is 6.31. The van der Waals surface area contributed by atoms with Crippen LogP contribution in [0.3, 0.4) is 0 Å². The number of rotatable bonds is 8. The maximum atomic E-state index is 6.30. The molecule has 2 nitrogen and oxygen atoms in total. The Bertz CT molecular complexity index is 352. The number of benzene rings is 1. The van der Waals surface area contributed by atoms with Crippen molar-refractivity contribution in [3.05, 3.63) is 28.8 Å². The lowest BCUT2D eigenvalue weighted by Crippen LogP contribution is -2.18. The summed E-state index contributed by atoms with van der Waals surface area (Å²) < 4.78 is 0. The van der Waals surface area contributed by atoms with Gasteiger partial charge in [0.05, 0.1) is 0 Å². The standard InChI is InChI=1S/C15H25ClN2/c1-4-6-7-10-18(3)14-9-8-13(12-17-5-2)15(16)11-14/h8-9,11,17H,4-7,10,12H2,1-3H3. The average molecular weight is 269 g/mol. The fraction of sp³-hybridized carbons (Fsp3) is 0.600. The lowest BCUT2D eigenvalue weighted by molar-refractivity contribution is 0.704. The van der Waals surface area contributed by atoms with Crippen LogP contribution in [0.5, 0.6) is 0 Å². The Morgan fingerprint density at radius 3 is 2.61 bits per heavy atom. The van der Waals surface area contributed by atoms with E-state index in [0.29, 0.717) is 0 Å². The Balaban J connectivity index is 2.59. The molecule has 1 N–H and O–H groups in total. The first-order chi connectivity index (χ1) is 8.69. The zero-order valence-corrected chi connectivity index (χ0v) is 12.6. The minimum absolute atomic E-state index is 0.842. The number of nitrogens with zero attached hydrogens (tertiary/aromatic N) is 1. The van der Waals surface area contributed by atoms with E-state index in [1.807, 2.05) is 0 Å². The first-order valence-electron chi connectivity index (χ1n) is 6.89. The summed E-state index contributed by atoms with van der Waals surface area (Å²) in [4.78, 5) is 2.28. The first-order valence-corrected chi connectivity index (χ1v) is 7.27. The molecular weight excluding hydrogens is 244 g/mol. The molecule has 0 spiro atoms. The minimum atomic E-state index is 0.842. The van der Waals surface area contributed by atoms with E-state index < -0.39 is 0 Å². The van der Waals surface area contributed by atoms with Gasteiger partial charge in [0.1, 0.15) is 0 Å². The second kappa shape index (κ2) is 8.39. The molecule has 0 heterocycles. The summed E-state index contributed by atoms with van der Waals surface area (Å²) in [6.07, 6.45) is 3.79. The summed E-state index contributed by atoms with van der Waals surface area (Å²) in [5, 5.41) is 4.16. The van der Waals surface area contributed by atoms with Crippen LogP contribution >= 0.6 is 11.6 Å². The summed E-state index contributed by atoms with van der Waals surface area (Å²) in [6.45, 7) is 7.23. The van der Waals surface area contributed by atoms with Crippen LogP contribution in [-0.2, 0) is 6.54 Å². The Morgan fingerprint density at radius 1 is 1.22 bits per heavy atom. The van der Waals surface area contributed by atoms with Crippen LogP contribution in [0, 0.1) is 0 Å². The second-order valence-corrected chi connectivity index (χ2v) is 5.09. The van der Waals surface area contributed by atoms with Crippen LogP contribution in [0.15, 0.2) is 18.2 Å². The minimum Gasteiger partial charge on any atom is -0.375 e. The lowest BCUT2D eigenvalue weighted by Gasteiger charge is -2.20. The van der Waals surface area contributed by atoms with Crippen molar-refractivity contribution >= 4 is 17.3 Å². The number of nitrogens with one attached hydrogen (secondary N) is 1. The smallest absolute Gasteiger partial charge is 0.0471 e. The molecule has 18 heavy (non-hydrogen) atoms. The average Bonchev–Trinajstić information content (AvgIpc) is 2.37.